The molecule has 0 amide bonds. The quantitative estimate of drug-likeness (QED) is 0.840. The van der Waals surface area contributed by atoms with Crippen molar-refractivity contribution in [1.29, 1.82) is 0 Å². The molecule has 3 heterocycles. The Morgan fingerprint density at radius 2 is 2.37 bits per heavy atom. The van der Waals surface area contributed by atoms with Gasteiger partial charge in [-0.05, 0) is 32.4 Å². The molecule has 0 N–H and O–H groups in total. The lowest BCUT2D eigenvalue weighted by atomic mass is 10.2. The molecule has 0 saturated carbocycles. The Kier molecular flexibility index (Phi) is 3.33. The van der Waals surface area contributed by atoms with Gasteiger partial charge in [0.1, 0.15) is 0 Å². The summed E-state index contributed by atoms with van der Waals surface area (Å²) in [5.74, 6) is 1.34. The molecular formula is C13H19N5O. The SMILES string of the molecule is Cc1nnc([C@@H](C)N2CCC[C@@H]2Cn2cccn2)o1. The van der Waals surface area contributed by atoms with Gasteiger partial charge in [-0.1, -0.05) is 0 Å². The summed E-state index contributed by atoms with van der Waals surface area (Å²) in [6, 6.07) is 2.62. The molecule has 2 aromatic heterocycles. The summed E-state index contributed by atoms with van der Waals surface area (Å²) in [4.78, 5) is 2.44. The van der Waals surface area contributed by atoms with E-state index in [1.165, 1.54) is 12.8 Å². The zero-order chi connectivity index (χ0) is 13.2. The van der Waals surface area contributed by atoms with E-state index in [1.807, 2.05) is 30.1 Å². The van der Waals surface area contributed by atoms with Crippen molar-refractivity contribution in [3.8, 4) is 0 Å². The molecule has 0 bridgehead atoms. The van der Waals surface area contributed by atoms with Crippen LogP contribution in [-0.2, 0) is 6.54 Å². The molecule has 0 aliphatic carbocycles. The van der Waals surface area contributed by atoms with Crippen LogP contribution in [0.3, 0.4) is 0 Å². The van der Waals surface area contributed by atoms with E-state index in [1.54, 1.807) is 0 Å². The summed E-state index contributed by atoms with van der Waals surface area (Å²) < 4.78 is 7.55. The molecule has 1 aliphatic heterocycles. The van der Waals surface area contributed by atoms with E-state index in [4.69, 9.17) is 4.42 Å². The third-order valence-electron chi connectivity index (χ3n) is 3.78. The zero-order valence-electron chi connectivity index (χ0n) is 11.4. The topological polar surface area (TPSA) is 60.0 Å². The summed E-state index contributed by atoms with van der Waals surface area (Å²) in [7, 11) is 0. The van der Waals surface area contributed by atoms with Gasteiger partial charge in [0, 0.05) is 25.4 Å². The number of likely N-dealkylation sites (tertiary alicyclic amines) is 1. The third-order valence-corrected chi connectivity index (χ3v) is 3.78. The van der Waals surface area contributed by atoms with Crippen molar-refractivity contribution < 1.29 is 4.42 Å². The van der Waals surface area contributed by atoms with E-state index in [2.05, 4.69) is 27.1 Å². The fraction of sp³-hybridized carbons (Fsp3) is 0.615. The molecule has 0 spiro atoms. The number of hydrogen-bond donors (Lipinski definition) is 0. The summed E-state index contributed by atoms with van der Waals surface area (Å²) in [6.45, 7) is 5.96. The highest BCUT2D eigenvalue weighted by atomic mass is 16.4. The van der Waals surface area contributed by atoms with Gasteiger partial charge in [0.25, 0.3) is 0 Å². The molecule has 0 aromatic carbocycles. The van der Waals surface area contributed by atoms with Gasteiger partial charge < -0.3 is 4.42 Å². The molecular weight excluding hydrogens is 242 g/mol. The normalized spacial score (nSPS) is 21.9. The lowest BCUT2D eigenvalue weighted by Crippen LogP contribution is -2.35. The minimum atomic E-state index is 0.171. The largest absolute Gasteiger partial charge is 0.424 e. The summed E-state index contributed by atoms with van der Waals surface area (Å²) >= 11 is 0. The average Bonchev–Trinajstić information content (AvgIpc) is 3.10. The number of rotatable bonds is 4. The van der Waals surface area contributed by atoms with E-state index >= 15 is 0 Å². The summed E-state index contributed by atoms with van der Waals surface area (Å²) in [6.07, 6.45) is 6.24. The van der Waals surface area contributed by atoms with E-state index in [9.17, 15) is 0 Å². The van der Waals surface area contributed by atoms with Gasteiger partial charge >= 0.3 is 0 Å². The number of aryl methyl sites for hydroxylation is 1. The van der Waals surface area contributed by atoms with Crippen LogP contribution in [0.1, 0.15) is 37.6 Å². The minimum Gasteiger partial charge on any atom is -0.424 e. The molecule has 102 valence electrons. The van der Waals surface area contributed by atoms with Gasteiger partial charge in [0.2, 0.25) is 11.8 Å². The Bertz CT molecular complexity index is 521. The van der Waals surface area contributed by atoms with Crippen LogP contribution in [-0.4, -0.2) is 37.5 Å². The van der Waals surface area contributed by atoms with E-state index < -0.39 is 0 Å². The molecule has 19 heavy (non-hydrogen) atoms. The Balaban J connectivity index is 1.72. The fourth-order valence-corrected chi connectivity index (χ4v) is 2.81. The summed E-state index contributed by atoms with van der Waals surface area (Å²) in [5, 5.41) is 12.3. The minimum absolute atomic E-state index is 0.171. The molecule has 6 heteroatoms. The van der Waals surface area contributed by atoms with E-state index in [0.717, 1.165) is 13.1 Å². The van der Waals surface area contributed by atoms with Crippen molar-refractivity contribution in [2.75, 3.05) is 6.54 Å². The van der Waals surface area contributed by atoms with Crippen LogP contribution in [0, 0.1) is 6.92 Å². The Morgan fingerprint density at radius 1 is 1.47 bits per heavy atom. The van der Waals surface area contributed by atoms with Crippen LogP contribution in [0.4, 0.5) is 0 Å². The maximum atomic E-state index is 5.55. The molecule has 3 rings (SSSR count). The fourth-order valence-electron chi connectivity index (χ4n) is 2.81. The highest BCUT2D eigenvalue weighted by Crippen LogP contribution is 2.29. The van der Waals surface area contributed by atoms with Gasteiger partial charge in [-0.3, -0.25) is 9.58 Å². The number of aromatic nitrogens is 4. The van der Waals surface area contributed by atoms with Crippen LogP contribution >= 0.6 is 0 Å². The Morgan fingerprint density at radius 3 is 3.05 bits per heavy atom. The van der Waals surface area contributed by atoms with Crippen molar-refractivity contribution in [2.45, 2.75) is 45.3 Å². The molecule has 6 nitrogen and oxygen atoms in total. The molecule has 2 aromatic rings. The summed E-state index contributed by atoms with van der Waals surface area (Å²) in [5.41, 5.74) is 0. The van der Waals surface area contributed by atoms with Gasteiger partial charge in [-0.25, -0.2) is 0 Å². The van der Waals surface area contributed by atoms with Crippen LogP contribution in [0.25, 0.3) is 0 Å². The van der Waals surface area contributed by atoms with Crippen LogP contribution in [0.5, 0.6) is 0 Å². The Labute approximate surface area is 112 Å². The maximum Gasteiger partial charge on any atom is 0.233 e. The first-order chi connectivity index (χ1) is 9.24. The first-order valence-electron chi connectivity index (χ1n) is 6.77. The predicted octanol–water partition coefficient (Wildman–Crippen LogP) is 1.80. The second-order valence-corrected chi connectivity index (χ2v) is 5.10. The smallest absolute Gasteiger partial charge is 0.233 e. The zero-order valence-corrected chi connectivity index (χ0v) is 11.4. The van der Waals surface area contributed by atoms with Crippen molar-refractivity contribution in [1.82, 2.24) is 24.9 Å². The van der Waals surface area contributed by atoms with E-state index in [-0.39, 0.29) is 6.04 Å². The lowest BCUT2D eigenvalue weighted by molar-refractivity contribution is 0.150. The van der Waals surface area contributed by atoms with Crippen LogP contribution < -0.4 is 0 Å². The monoisotopic (exact) mass is 261 g/mol. The van der Waals surface area contributed by atoms with Gasteiger partial charge in [0.05, 0.1) is 12.6 Å². The molecule has 0 unspecified atom stereocenters. The third kappa shape index (κ3) is 2.53. The Hall–Kier alpha value is -1.69. The first kappa shape index (κ1) is 12.3. The van der Waals surface area contributed by atoms with Gasteiger partial charge in [0.15, 0.2) is 0 Å². The highest BCUT2D eigenvalue weighted by molar-refractivity contribution is 4.93. The van der Waals surface area contributed by atoms with Crippen molar-refractivity contribution >= 4 is 0 Å². The predicted molar refractivity (Wildman–Crippen MR) is 69.4 cm³/mol. The second kappa shape index (κ2) is 5.13. The van der Waals surface area contributed by atoms with Crippen LogP contribution in [0.15, 0.2) is 22.9 Å². The van der Waals surface area contributed by atoms with Crippen molar-refractivity contribution in [3.05, 3.63) is 30.2 Å². The average molecular weight is 261 g/mol. The second-order valence-electron chi connectivity index (χ2n) is 5.10. The highest BCUT2D eigenvalue weighted by Gasteiger charge is 2.31. The molecule has 2 atom stereocenters. The maximum absolute atomic E-state index is 5.55. The van der Waals surface area contributed by atoms with Gasteiger partial charge in [-0.2, -0.15) is 5.10 Å². The number of nitrogens with zero attached hydrogens (tertiary/aromatic N) is 5. The van der Waals surface area contributed by atoms with Crippen LogP contribution in [0.2, 0.25) is 0 Å². The van der Waals surface area contributed by atoms with Crippen molar-refractivity contribution in [3.63, 3.8) is 0 Å². The van der Waals surface area contributed by atoms with E-state index in [0.29, 0.717) is 17.8 Å². The van der Waals surface area contributed by atoms with Gasteiger partial charge in [-0.15, -0.1) is 10.2 Å². The number of hydrogen-bond acceptors (Lipinski definition) is 5. The standard InChI is InChI=1S/C13H19N5O/c1-10(13-16-15-11(2)19-13)18-8-3-5-12(18)9-17-7-4-6-14-17/h4,6-7,10,12H,3,5,8-9H2,1-2H3/t10-,12-/m1/s1. The molecule has 1 aliphatic rings. The first-order valence-corrected chi connectivity index (χ1v) is 6.77. The molecule has 1 saturated heterocycles. The van der Waals surface area contributed by atoms with Crippen molar-refractivity contribution in [2.24, 2.45) is 0 Å². The molecule has 1 fully saturated rings. The molecule has 0 radical (unpaired) electrons. The lowest BCUT2D eigenvalue weighted by Gasteiger charge is -2.28.